The Balaban J connectivity index is 1.70. The molecule has 0 radical (unpaired) electrons. The average Bonchev–Trinajstić information content (AvgIpc) is 2.75. The molecular formula is C23H32N3O3+. The predicted molar refractivity (Wildman–Crippen MR) is 115 cm³/mol. The molecule has 29 heavy (non-hydrogen) atoms. The second-order valence-electron chi connectivity index (χ2n) is 7.48. The zero-order valence-corrected chi connectivity index (χ0v) is 17.6. The minimum Gasteiger partial charge on any atom is -0.494 e. The minimum atomic E-state index is -0.0596. The summed E-state index contributed by atoms with van der Waals surface area (Å²) in [5, 5.41) is 3.13. The lowest BCUT2D eigenvalue weighted by molar-refractivity contribution is -0.937. The van der Waals surface area contributed by atoms with Gasteiger partial charge in [-0.3, -0.25) is 4.79 Å². The second kappa shape index (κ2) is 10.3. The summed E-state index contributed by atoms with van der Waals surface area (Å²) in [5.41, 5.74) is 3.05. The van der Waals surface area contributed by atoms with Gasteiger partial charge in [-0.25, -0.2) is 0 Å². The van der Waals surface area contributed by atoms with Gasteiger partial charge < -0.3 is 24.6 Å². The first kappa shape index (κ1) is 21.1. The second-order valence-corrected chi connectivity index (χ2v) is 7.48. The normalized spacial score (nSPS) is 15.6. The van der Waals surface area contributed by atoms with Gasteiger partial charge >= 0.3 is 0 Å². The maximum absolute atomic E-state index is 12.7. The van der Waals surface area contributed by atoms with Crippen molar-refractivity contribution in [2.75, 3.05) is 58.5 Å². The van der Waals surface area contributed by atoms with Crippen LogP contribution in [0.1, 0.15) is 28.9 Å². The number of nitrogens with one attached hydrogen (secondary N) is 2. The highest BCUT2D eigenvalue weighted by Gasteiger charge is 2.27. The van der Waals surface area contributed by atoms with E-state index in [2.05, 4.69) is 34.5 Å². The third kappa shape index (κ3) is 5.71. The van der Waals surface area contributed by atoms with E-state index < -0.39 is 0 Å². The number of benzene rings is 2. The molecule has 0 saturated carbocycles. The Hall–Kier alpha value is -2.57. The summed E-state index contributed by atoms with van der Waals surface area (Å²) in [7, 11) is 4.08. The molecule has 1 heterocycles. The van der Waals surface area contributed by atoms with E-state index >= 15 is 0 Å². The SMILES string of the molecule is CCOc1ccc(C(=O)NC[C@H](c2ccc(N(C)C)cc2)[NH+]2CCOCC2)cc1. The Kier molecular flexibility index (Phi) is 7.49. The molecular weight excluding hydrogens is 366 g/mol. The van der Waals surface area contributed by atoms with Gasteiger partial charge in [0.15, 0.2) is 0 Å². The molecule has 6 heteroatoms. The Morgan fingerprint density at radius 1 is 1.10 bits per heavy atom. The number of ether oxygens (including phenoxy) is 2. The summed E-state index contributed by atoms with van der Waals surface area (Å²) in [6.07, 6.45) is 0. The van der Waals surface area contributed by atoms with Crippen molar-refractivity contribution in [3.63, 3.8) is 0 Å². The van der Waals surface area contributed by atoms with Crippen LogP contribution in [0.2, 0.25) is 0 Å². The van der Waals surface area contributed by atoms with Crippen LogP contribution in [0.25, 0.3) is 0 Å². The maximum atomic E-state index is 12.7. The van der Waals surface area contributed by atoms with Gasteiger partial charge in [0.1, 0.15) is 24.9 Å². The van der Waals surface area contributed by atoms with Crippen LogP contribution in [0.15, 0.2) is 48.5 Å². The molecule has 2 aromatic carbocycles. The van der Waals surface area contributed by atoms with E-state index in [1.807, 2.05) is 45.3 Å². The van der Waals surface area contributed by atoms with Gasteiger partial charge in [0.05, 0.1) is 26.4 Å². The molecule has 0 bridgehead atoms. The van der Waals surface area contributed by atoms with Crippen LogP contribution in [-0.2, 0) is 4.74 Å². The van der Waals surface area contributed by atoms with Crippen LogP contribution in [0.4, 0.5) is 5.69 Å². The molecule has 1 aliphatic rings. The number of rotatable bonds is 8. The van der Waals surface area contributed by atoms with E-state index in [9.17, 15) is 4.79 Å². The first-order valence-corrected chi connectivity index (χ1v) is 10.3. The summed E-state index contributed by atoms with van der Waals surface area (Å²) >= 11 is 0. The number of amides is 1. The summed E-state index contributed by atoms with van der Waals surface area (Å²) < 4.78 is 11.0. The largest absolute Gasteiger partial charge is 0.494 e. The summed E-state index contributed by atoms with van der Waals surface area (Å²) in [4.78, 5) is 16.2. The van der Waals surface area contributed by atoms with E-state index in [4.69, 9.17) is 9.47 Å². The van der Waals surface area contributed by atoms with E-state index in [0.717, 1.165) is 32.1 Å². The van der Waals surface area contributed by atoms with Gasteiger partial charge in [0, 0.05) is 30.9 Å². The van der Waals surface area contributed by atoms with Crippen LogP contribution < -0.4 is 19.9 Å². The van der Waals surface area contributed by atoms with Gasteiger partial charge in [0.2, 0.25) is 0 Å². The number of carbonyl (C=O) groups excluding carboxylic acids is 1. The lowest BCUT2D eigenvalue weighted by Gasteiger charge is -2.32. The van der Waals surface area contributed by atoms with Crippen molar-refractivity contribution in [1.29, 1.82) is 0 Å². The van der Waals surface area contributed by atoms with Crippen molar-refractivity contribution < 1.29 is 19.2 Å². The molecule has 0 aromatic heterocycles. The molecule has 0 unspecified atom stereocenters. The van der Waals surface area contributed by atoms with E-state index in [-0.39, 0.29) is 11.9 Å². The zero-order chi connectivity index (χ0) is 20.6. The third-order valence-corrected chi connectivity index (χ3v) is 5.33. The highest BCUT2D eigenvalue weighted by Crippen LogP contribution is 2.17. The summed E-state index contributed by atoms with van der Waals surface area (Å²) in [6, 6.07) is 16.1. The van der Waals surface area contributed by atoms with E-state index in [1.54, 1.807) is 0 Å². The number of morpholine rings is 1. The van der Waals surface area contributed by atoms with Crippen LogP contribution in [0.5, 0.6) is 5.75 Å². The van der Waals surface area contributed by atoms with Crippen molar-refractivity contribution in [2.45, 2.75) is 13.0 Å². The Morgan fingerprint density at radius 3 is 2.34 bits per heavy atom. The average molecular weight is 399 g/mol. The van der Waals surface area contributed by atoms with Crippen LogP contribution in [-0.4, -0.2) is 59.5 Å². The number of quaternary nitrogens is 1. The quantitative estimate of drug-likeness (QED) is 0.708. The smallest absolute Gasteiger partial charge is 0.251 e. The fraction of sp³-hybridized carbons (Fsp3) is 0.435. The molecule has 2 aromatic rings. The standard InChI is InChI=1S/C23H31N3O3/c1-4-29-21-11-7-19(8-12-21)23(27)24-17-22(26-13-15-28-16-14-26)18-5-9-20(10-6-18)25(2)3/h5-12,22H,4,13-17H2,1-3H3,(H,24,27)/p+1/t22-/m1/s1. The van der Waals surface area contributed by atoms with Crippen LogP contribution in [0.3, 0.4) is 0 Å². The fourth-order valence-electron chi connectivity index (χ4n) is 3.65. The summed E-state index contributed by atoms with van der Waals surface area (Å²) in [5.74, 6) is 0.719. The molecule has 2 N–H and O–H groups in total. The first-order chi connectivity index (χ1) is 14.1. The Labute approximate surface area is 173 Å². The summed E-state index contributed by atoms with van der Waals surface area (Å²) in [6.45, 7) is 6.55. The van der Waals surface area contributed by atoms with Crippen molar-refractivity contribution in [3.05, 3.63) is 59.7 Å². The predicted octanol–water partition coefficient (Wildman–Crippen LogP) is 1.54. The topological polar surface area (TPSA) is 55.2 Å². The Bertz CT molecular complexity index is 769. The molecule has 1 aliphatic heterocycles. The van der Waals surface area contributed by atoms with Gasteiger partial charge in [-0.05, 0) is 43.3 Å². The lowest BCUT2D eigenvalue weighted by atomic mass is 10.0. The molecule has 3 rings (SSSR count). The third-order valence-electron chi connectivity index (χ3n) is 5.33. The Morgan fingerprint density at radius 2 is 1.76 bits per heavy atom. The van der Waals surface area contributed by atoms with Crippen molar-refractivity contribution >= 4 is 11.6 Å². The van der Waals surface area contributed by atoms with Crippen LogP contribution >= 0.6 is 0 Å². The monoisotopic (exact) mass is 398 g/mol. The van der Waals surface area contributed by atoms with Crippen molar-refractivity contribution in [2.24, 2.45) is 0 Å². The van der Waals surface area contributed by atoms with E-state index in [1.165, 1.54) is 16.2 Å². The minimum absolute atomic E-state index is 0.0596. The molecule has 1 saturated heterocycles. The van der Waals surface area contributed by atoms with Crippen molar-refractivity contribution in [1.82, 2.24) is 5.32 Å². The molecule has 1 atom stereocenters. The van der Waals surface area contributed by atoms with Crippen LogP contribution in [0, 0.1) is 0 Å². The molecule has 1 fully saturated rings. The lowest BCUT2D eigenvalue weighted by Crippen LogP contribution is -3.15. The van der Waals surface area contributed by atoms with Gasteiger partial charge in [-0.2, -0.15) is 0 Å². The first-order valence-electron chi connectivity index (χ1n) is 10.3. The number of carbonyl (C=O) groups is 1. The number of nitrogens with zero attached hydrogens (tertiary/aromatic N) is 1. The maximum Gasteiger partial charge on any atom is 0.251 e. The van der Waals surface area contributed by atoms with Gasteiger partial charge in [-0.15, -0.1) is 0 Å². The van der Waals surface area contributed by atoms with Gasteiger partial charge in [-0.1, -0.05) is 12.1 Å². The highest BCUT2D eigenvalue weighted by atomic mass is 16.5. The molecule has 6 nitrogen and oxygen atoms in total. The van der Waals surface area contributed by atoms with Gasteiger partial charge in [0.25, 0.3) is 5.91 Å². The van der Waals surface area contributed by atoms with E-state index in [0.29, 0.717) is 18.7 Å². The zero-order valence-electron chi connectivity index (χ0n) is 17.6. The number of hydrogen-bond acceptors (Lipinski definition) is 4. The fourth-order valence-corrected chi connectivity index (χ4v) is 3.65. The molecule has 1 amide bonds. The number of hydrogen-bond donors (Lipinski definition) is 2. The number of anilines is 1. The highest BCUT2D eigenvalue weighted by molar-refractivity contribution is 5.94. The molecule has 0 spiro atoms. The molecule has 0 aliphatic carbocycles. The molecule has 156 valence electrons. The van der Waals surface area contributed by atoms with Crippen molar-refractivity contribution in [3.8, 4) is 5.75 Å².